The number of carbonyl (C=O) groups excluding carboxylic acids is 1. The van der Waals surface area contributed by atoms with E-state index in [1.54, 1.807) is 42.9 Å². The zero-order valence-corrected chi connectivity index (χ0v) is 9.08. The van der Waals surface area contributed by atoms with Gasteiger partial charge in [-0.2, -0.15) is 0 Å². The average Bonchev–Trinajstić information content (AvgIpc) is 2.40. The fourth-order valence-corrected chi connectivity index (χ4v) is 1.37. The van der Waals surface area contributed by atoms with Crippen molar-refractivity contribution in [3.8, 4) is 0 Å². The molecule has 0 aliphatic carbocycles. The predicted molar refractivity (Wildman–Crippen MR) is 60.5 cm³/mol. The summed E-state index contributed by atoms with van der Waals surface area (Å²) in [5, 5.41) is 8.98. The van der Waals surface area contributed by atoms with E-state index < -0.39 is 0 Å². The van der Waals surface area contributed by atoms with E-state index in [1.807, 2.05) is 0 Å². The fraction of sp³-hybridized carbons (Fsp3) is 0.0833. The molecule has 86 valence electrons. The Morgan fingerprint density at radius 1 is 1.41 bits per heavy atom. The maximum absolute atomic E-state index is 11.8. The van der Waals surface area contributed by atoms with Gasteiger partial charge in [0.25, 0.3) is 0 Å². The topological polar surface area (TPSA) is 66.1 Å². The van der Waals surface area contributed by atoms with Crippen LogP contribution in [0.3, 0.4) is 0 Å². The zero-order chi connectivity index (χ0) is 12.1. The highest BCUT2D eigenvalue weighted by Gasteiger charge is 2.10. The number of pyridine rings is 2. The van der Waals surface area contributed by atoms with Gasteiger partial charge in [0.05, 0.1) is 12.2 Å². The fourth-order valence-electron chi connectivity index (χ4n) is 1.37. The van der Waals surface area contributed by atoms with Gasteiger partial charge >= 0.3 is 5.91 Å². The maximum atomic E-state index is 11.8. The van der Waals surface area contributed by atoms with Gasteiger partial charge in [0.15, 0.2) is 6.20 Å². The van der Waals surface area contributed by atoms with Crippen LogP contribution in [0.4, 0.5) is 0 Å². The zero-order valence-electron chi connectivity index (χ0n) is 9.08. The van der Waals surface area contributed by atoms with Crippen molar-refractivity contribution >= 4 is 5.91 Å². The smallest absolute Gasteiger partial charge is 0.306 e. The highest BCUT2D eigenvalue weighted by atomic mass is 16.3. The molecule has 2 aromatic rings. The molecule has 0 radical (unpaired) electrons. The Labute approximate surface area is 98.3 Å². The minimum atomic E-state index is -0.252. The summed E-state index contributed by atoms with van der Waals surface area (Å²) in [6.07, 6.45) is 6.43. The largest absolute Gasteiger partial charge is 0.391 e. The Balaban J connectivity index is 2.13. The van der Waals surface area contributed by atoms with E-state index in [-0.39, 0.29) is 12.5 Å². The highest BCUT2D eigenvalue weighted by Crippen LogP contribution is 1.96. The number of amides is 1. The summed E-state index contributed by atoms with van der Waals surface area (Å²) >= 11 is 0. The van der Waals surface area contributed by atoms with Crippen LogP contribution in [0.15, 0.2) is 49.1 Å². The lowest BCUT2D eigenvalue weighted by Gasteiger charge is -2.00. The Morgan fingerprint density at radius 3 is 3.00 bits per heavy atom. The summed E-state index contributed by atoms with van der Waals surface area (Å²) < 4.78 is 1.50. The van der Waals surface area contributed by atoms with E-state index in [4.69, 9.17) is 5.11 Å². The SMILES string of the molecule is O=C(N[n+]1cccc(CO)c1)c1cccnc1. The summed E-state index contributed by atoms with van der Waals surface area (Å²) in [7, 11) is 0. The van der Waals surface area contributed by atoms with Crippen molar-refractivity contribution in [1.82, 2.24) is 4.98 Å². The predicted octanol–water partition coefficient (Wildman–Crippen LogP) is 0.245. The third-order valence-corrected chi connectivity index (χ3v) is 2.20. The number of aliphatic hydroxyl groups is 1. The summed E-state index contributed by atoms with van der Waals surface area (Å²) in [5.41, 5.74) is 3.86. The summed E-state index contributed by atoms with van der Waals surface area (Å²) in [6.45, 7) is -0.0659. The minimum Gasteiger partial charge on any atom is -0.391 e. The van der Waals surface area contributed by atoms with Crippen molar-refractivity contribution < 1.29 is 14.6 Å². The maximum Gasteiger partial charge on any atom is 0.306 e. The molecule has 5 heteroatoms. The second-order valence-electron chi connectivity index (χ2n) is 3.46. The lowest BCUT2D eigenvalue weighted by Crippen LogP contribution is -2.48. The molecule has 0 fully saturated rings. The molecule has 17 heavy (non-hydrogen) atoms. The number of aromatic nitrogens is 2. The number of rotatable bonds is 3. The van der Waals surface area contributed by atoms with Gasteiger partial charge in [0, 0.05) is 24.0 Å². The van der Waals surface area contributed by atoms with Crippen LogP contribution in [-0.4, -0.2) is 16.0 Å². The van der Waals surface area contributed by atoms with E-state index in [2.05, 4.69) is 10.4 Å². The van der Waals surface area contributed by atoms with Crippen LogP contribution in [-0.2, 0) is 6.61 Å². The van der Waals surface area contributed by atoms with Gasteiger partial charge in [-0.25, -0.2) is 0 Å². The van der Waals surface area contributed by atoms with Gasteiger partial charge in [-0.3, -0.25) is 9.78 Å². The first-order valence-corrected chi connectivity index (χ1v) is 5.12. The first-order valence-electron chi connectivity index (χ1n) is 5.12. The molecule has 0 aliphatic heterocycles. The monoisotopic (exact) mass is 230 g/mol. The van der Waals surface area contributed by atoms with Crippen LogP contribution in [0.25, 0.3) is 0 Å². The lowest BCUT2D eigenvalue weighted by atomic mass is 10.3. The van der Waals surface area contributed by atoms with Crippen molar-refractivity contribution in [2.75, 3.05) is 5.43 Å². The van der Waals surface area contributed by atoms with Crippen LogP contribution in [0, 0.1) is 0 Å². The number of nitrogens with zero attached hydrogens (tertiary/aromatic N) is 2. The molecule has 0 aliphatic rings. The molecule has 2 heterocycles. The summed E-state index contributed by atoms with van der Waals surface area (Å²) in [4.78, 5) is 15.7. The normalized spacial score (nSPS) is 9.94. The van der Waals surface area contributed by atoms with Crippen LogP contribution in [0.1, 0.15) is 15.9 Å². The van der Waals surface area contributed by atoms with Crippen molar-refractivity contribution in [3.05, 3.63) is 60.2 Å². The Kier molecular flexibility index (Phi) is 3.42. The van der Waals surface area contributed by atoms with Crippen LogP contribution in [0.5, 0.6) is 0 Å². The number of hydrogen-bond acceptors (Lipinski definition) is 3. The molecule has 2 aromatic heterocycles. The second kappa shape index (κ2) is 5.18. The molecule has 0 aromatic carbocycles. The first kappa shape index (κ1) is 11.2. The lowest BCUT2D eigenvalue weighted by molar-refractivity contribution is -0.641. The average molecular weight is 230 g/mol. The van der Waals surface area contributed by atoms with Gasteiger partial charge in [-0.1, -0.05) is 4.68 Å². The molecule has 0 saturated carbocycles. The van der Waals surface area contributed by atoms with Crippen molar-refractivity contribution in [2.24, 2.45) is 0 Å². The number of nitrogens with one attached hydrogen (secondary N) is 1. The van der Waals surface area contributed by atoms with Gasteiger partial charge in [-0.15, -0.1) is 5.43 Å². The van der Waals surface area contributed by atoms with Crippen molar-refractivity contribution in [2.45, 2.75) is 6.61 Å². The van der Waals surface area contributed by atoms with E-state index >= 15 is 0 Å². The van der Waals surface area contributed by atoms with E-state index in [0.29, 0.717) is 5.56 Å². The van der Waals surface area contributed by atoms with Crippen LogP contribution < -0.4 is 10.1 Å². The standard InChI is InChI=1S/C12H11N3O2/c16-9-10-3-2-6-15(8-10)14-12(17)11-4-1-5-13-7-11/h1-8,16H,9H2/p+1. The van der Waals surface area contributed by atoms with Crippen molar-refractivity contribution in [3.63, 3.8) is 0 Å². The number of hydrogen-bond donors (Lipinski definition) is 2. The van der Waals surface area contributed by atoms with Gasteiger partial charge in [0.2, 0.25) is 6.20 Å². The quantitative estimate of drug-likeness (QED) is 0.742. The molecule has 2 rings (SSSR count). The molecule has 0 bridgehead atoms. The molecule has 5 nitrogen and oxygen atoms in total. The van der Waals surface area contributed by atoms with Crippen LogP contribution in [0.2, 0.25) is 0 Å². The van der Waals surface area contributed by atoms with E-state index in [0.717, 1.165) is 5.56 Å². The van der Waals surface area contributed by atoms with Crippen LogP contribution >= 0.6 is 0 Å². The molecule has 0 atom stereocenters. The summed E-state index contributed by atoms with van der Waals surface area (Å²) in [6, 6.07) is 6.89. The molecule has 2 N–H and O–H groups in total. The second-order valence-corrected chi connectivity index (χ2v) is 3.46. The Morgan fingerprint density at radius 2 is 2.29 bits per heavy atom. The van der Waals surface area contributed by atoms with Crippen molar-refractivity contribution in [1.29, 1.82) is 0 Å². The van der Waals surface area contributed by atoms with Gasteiger partial charge in [-0.05, 0) is 18.2 Å². The number of carbonyl (C=O) groups is 1. The van der Waals surface area contributed by atoms with Gasteiger partial charge in [0.1, 0.15) is 0 Å². The Hall–Kier alpha value is -2.27. The molecule has 1 amide bonds. The van der Waals surface area contributed by atoms with E-state index in [9.17, 15) is 4.79 Å². The number of aliphatic hydroxyl groups excluding tert-OH is 1. The molecule has 0 unspecified atom stereocenters. The molecule has 0 saturated heterocycles. The summed E-state index contributed by atoms with van der Waals surface area (Å²) in [5.74, 6) is -0.252. The highest BCUT2D eigenvalue weighted by molar-refractivity contribution is 5.98. The third-order valence-electron chi connectivity index (χ3n) is 2.20. The third kappa shape index (κ3) is 2.85. The van der Waals surface area contributed by atoms with Gasteiger partial charge < -0.3 is 5.11 Å². The van der Waals surface area contributed by atoms with E-state index in [1.165, 1.54) is 10.9 Å². The first-order chi connectivity index (χ1) is 8.29. The molecular weight excluding hydrogens is 218 g/mol. The molecule has 0 spiro atoms. The minimum absolute atomic E-state index is 0.0659. The molecular formula is C12H12N3O2+. The Bertz CT molecular complexity index is 514.